The Morgan fingerprint density at radius 3 is 2.21 bits per heavy atom. The molecule has 2 aromatic rings. The molecule has 28 heavy (non-hydrogen) atoms. The Bertz CT molecular complexity index is 744. The van der Waals surface area contributed by atoms with Crippen LogP contribution in [0.3, 0.4) is 0 Å². The van der Waals surface area contributed by atoms with Gasteiger partial charge in [-0.1, -0.05) is 48.5 Å². The fraction of sp³-hybridized carbons (Fsp3) is 0.364. The van der Waals surface area contributed by atoms with Gasteiger partial charge in [-0.3, -0.25) is 14.5 Å². The Morgan fingerprint density at radius 2 is 1.54 bits per heavy atom. The molecule has 2 aromatic carbocycles. The molecule has 1 saturated heterocycles. The first-order chi connectivity index (χ1) is 13.7. The van der Waals surface area contributed by atoms with Crippen LogP contribution in [0.15, 0.2) is 60.7 Å². The van der Waals surface area contributed by atoms with E-state index in [0.717, 1.165) is 11.3 Å². The molecule has 0 atom stereocenters. The quantitative estimate of drug-likeness (QED) is 0.759. The van der Waals surface area contributed by atoms with Crippen molar-refractivity contribution in [2.45, 2.75) is 13.0 Å². The number of carbonyl (C=O) groups excluding carboxylic acids is 2. The van der Waals surface area contributed by atoms with Crippen molar-refractivity contribution >= 4 is 11.8 Å². The van der Waals surface area contributed by atoms with Gasteiger partial charge in [-0.2, -0.15) is 0 Å². The lowest BCUT2D eigenvalue weighted by atomic mass is 10.2. The topological polar surface area (TPSA) is 61.9 Å². The van der Waals surface area contributed by atoms with Crippen LogP contribution < -0.4 is 10.1 Å². The molecular weight excluding hydrogens is 354 g/mol. The van der Waals surface area contributed by atoms with Gasteiger partial charge >= 0.3 is 0 Å². The molecule has 0 radical (unpaired) electrons. The van der Waals surface area contributed by atoms with Crippen LogP contribution in [-0.4, -0.2) is 60.9 Å². The van der Waals surface area contributed by atoms with Crippen LogP contribution in [-0.2, 0) is 16.1 Å². The van der Waals surface area contributed by atoms with E-state index in [9.17, 15) is 9.59 Å². The highest BCUT2D eigenvalue weighted by atomic mass is 16.5. The Labute approximate surface area is 166 Å². The first-order valence-electron chi connectivity index (χ1n) is 9.69. The summed E-state index contributed by atoms with van der Waals surface area (Å²) >= 11 is 0. The Hall–Kier alpha value is -2.86. The van der Waals surface area contributed by atoms with Crippen LogP contribution >= 0.6 is 0 Å². The number of rotatable bonds is 8. The standard InChI is InChI=1S/C22H27N3O3/c26-21(23-17-19-7-3-1-4-8-19)18-24-12-14-25(15-13-24)22(27)11-16-28-20-9-5-2-6-10-20/h1-10H,11-18H2,(H,23,26). The summed E-state index contributed by atoms with van der Waals surface area (Å²) in [5.74, 6) is 0.894. The molecule has 1 fully saturated rings. The fourth-order valence-corrected chi connectivity index (χ4v) is 3.14. The highest BCUT2D eigenvalue weighted by Crippen LogP contribution is 2.09. The van der Waals surface area contributed by atoms with Crippen molar-refractivity contribution in [2.24, 2.45) is 0 Å². The highest BCUT2D eigenvalue weighted by Gasteiger charge is 2.22. The first kappa shape index (κ1) is 19.9. The Balaban J connectivity index is 1.31. The van der Waals surface area contributed by atoms with Crippen LogP contribution in [0.4, 0.5) is 0 Å². The molecule has 3 rings (SSSR count). The molecular formula is C22H27N3O3. The molecule has 1 N–H and O–H groups in total. The van der Waals surface area contributed by atoms with Crippen molar-refractivity contribution in [2.75, 3.05) is 39.3 Å². The summed E-state index contributed by atoms with van der Waals surface area (Å²) in [4.78, 5) is 28.4. The summed E-state index contributed by atoms with van der Waals surface area (Å²) in [7, 11) is 0. The monoisotopic (exact) mass is 381 g/mol. The van der Waals surface area contributed by atoms with Crippen LogP contribution in [0.1, 0.15) is 12.0 Å². The molecule has 1 aliphatic rings. The molecule has 0 aromatic heterocycles. The summed E-state index contributed by atoms with van der Waals surface area (Å²) < 4.78 is 5.59. The van der Waals surface area contributed by atoms with E-state index in [4.69, 9.17) is 4.74 Å². The van der Waals surface area contributed by atoms with Gasteiger partial charge < -0.3 is 15.0 Å². The average molecular weight is 381 g/mol. The molecule has 6 nitrogen and oxygen atoms in total. The smallest absolute Gasteiger partial charge is 0.234 e. The van der Waals surface area contributed by atoms with E-state index in [1.165, 1.54) is 0 Å². The van der Waals surface area contributed by atoms with Crippen molar-refractivity contribution in [3.8, 4) is 5.75 Å². The maximum Gasteiger partial charge on any atom is 0.234 e. The largest absolute Gasteiger partial charge is 0.493 e. The number of nitrogens with one attached hydrogen (secondary N) is 1. The molecule has 1 heterocycles. The second-order valence-electron chi connectivity index (χ2n) is 6.83. The number of carbonyl (C=O) groups is 2. The third-order valence-corrected chi connectivity index (χ3v) is 4.75. The van der Waals surface area contributed by atoms with Gasteiger partial charge in [-0.05, 0) is 17.7 Å². The van der Waals surface area contributed by atoms with Crippen LogP contribution in [0, 0.1) is 0 Å². The minimum Gasteiger partial charge on any atom is -0.493 e. The minimum absolute atomic E-state index is 0.0138. The van der Waals surface area contributed by atoms with Crippen LogP contribution in [0.2, 0.25) is 0 Å². The Kier molecular flexibility index (Phi) is 7.44. The number of nitrogens with zero attached hydrogens (tertiary/aromatic N) is 2. The Morgan fingerprint density at radius 1 is 0.893 bits per heavy atom. The minimum atomic E-state index is 0.0138. The number of para-hydroxylation sites is 1. The molecule has 0 unspecified atom stereocenters. The maximum atomic E-state index is 12.3. The number of amides is 2. The molecule has 148 valence electrons. The lowest BCUT2D eigenvalue weighted by Gasteiger charge is -2.34. The summed E-state index contributed by atoms with van der Waals surface area (Å²) in [6.07, 6.45) is 0.368. The molecule has 0 spiro atoms. The van der Waals surface area contributed by atoms with E-state index >= 15 is 0 Å². The zero-order valence-electron chi connectivity index (χ0n) is 16.0. The molecule has 0 aliphatic carbocycles. The van der Waals surface area contributed by atoms with Crippen molar-refractivity contribution in [1.82, 2.24) is 15.1 Å². The summed E-state index contributed by atoms with van der Waals surface area (Å²) in [5, 5.41) is 2.95. The number of hydrogen-bond acceptors (Lipinski definition) is 4. The second-order valence-corrected chi connectivity index (χ2v) is 6.83. The van der Waals surface area contributed by atoms with Gasteiger partial charge in [0.1, 0.15) is 5.75 Å². The van der Waals surface area contributed by atoms with Crippen molar-refractivity contribution < 1.29 is 14.3 Å². The number of benzene rings is 2. The van der Waals surface area contributed by atoms with Crippen molar-refractivity contribution in [3.63, 3.8) is 0 Å². The molecule has 2 amide bonds. The molecule has 6 heteroatoms. The lowest BCUT2D eigenvalue weighted by molar-refractivity contribution is -0.133. The van der Waals surface area contributed by atoms with Crippen molar-refractivity contribution in [3.05, 3.63) is 66.2 Å². The van der Waals surface area contributed by atoms with Gasteiger partial charge in [0.05, 0.1) is 19.6 Å². The normalized spacial score (nSPS) is 14.5. The molecule has 1 aliphatic heterocycles. The summed E-state index contributed by atoms with van der Waals surface area (Å²) in [6.45, 7) is 4.01. The number of hydrogen-bond donors (Lipinski definition) is 1. The average Bonchev–Trinajstić information content (AvgIpc) is 2.74. The number of piperazine rings is 1. The predicted octanol–water partition coefficient (Wildman–Crippen LogP) is 1.92. The van der Waals surface area contributed by atoms with Crippen LogP contribution in [0.5, 0.6) is 5.75 Å². The van der Waals surface area contributed by atoms with Gasteiger partial charge in [0.2, 0.25) is 11.8 Å². The molecule has 0 bridgehead atoms. The lowest BCUT2D eigenvalue weighted by Crippen LogP contribution is -2.51. The van der Waals surface area contributed by atoms with Gasteiger partial charge in [-0.15, -0.1) is 0 Å². The van der Waals surface area contributed by atoms with E-state index < -0.39 is 0 Å². The van der Waals surface area contributed by atoms with E-state index in [0.29, 0.717) is 52.3 Å². The zero-order valence-corrected chi connectivity index (χ0v) is 16.0. The van der Waals surface area contributed by atoms with Crippen LogP contribution in [0.25, 0.3) is 0 Å². The fourth-order valence-electron chi connectivity index (χ4n) is 3.14. The van der Waals surface area contributed by atoms with E-state index in [1.807, 2.05) is 65.6 Å². The molecule has 0 saturated carbocycles. The maximum absolute atomic E-state index is 12.3. The third kappa shape index (κ3) is 6.39. The summed E-state index contributed by atoms with van der Waals surface area (Å²) in [5.41, 5.74) is 1.09. The zero-order chi connectivity index (χ0) is 19.6. The van der Waals surface area contributed by atoms with E-state index in [-0.39, 0.29) is 11.8 Å². The SMILES string of the molecule is O=C(CN1CCN(C(=O)CCOc2ccccc2)CC1)NCc1ccccc1. The third-order valence-electron chi connectivity index (χ3n) is 4.75. The van der Waals surface area contributed by atoms with Gasteiger partial charge in [0, 0.05) is 32.7 Å². The summed E-state index contributed by atoms with van der Waals surface area (Å²) in [6, 6.07) is 19.4. The van der Waals surface area contributed by atoms with Gasteiger partial charge in [-0.25, -0.2) is 0 Å². The highest BCUT2D eigenvalue weighted by molar-refractivity contribution is 5.78. The number of ether oxygens (including phenoxy) is 1. The second kappa shape index (κ2) is 10.5. The van der Waals surface area contributed by atoms with E-state index in [1.54, 1.807) is 0 Å². The first-order valence-corrected chi connectivity index (χ1v) is 9.69. The van der Waals surface area contributed by atoms with Gasteiger partial charge in [0.25, 0.3) is 0 Å². The van der Waals surface area contributed by atoms with Crippen molar-refractivity contribution in [1.29, 1.82) is 0 Å². The van der Waals surface area contributed by atoms with E-state index in [2.05, 4.69) is 10.2 Å². The van der Waals surface area contributed by atoms with Gasteiger partial charge in [0.15, 0.2) is 0 Å². The predicted molar refractivity (Wildman–Crippen MR) is 108 cm³/mol.